The lowest BCUT2D eigenvalue weighted by Gasteiger charge is -2.30. The lowest BCUT2D eigenvalue weighted by Crippen LogP contribution is -2.43. The molecular weight excluding hydrogens is 402 g/mol. The molecule has 0 aromatic carbocycles. The van der Waals surface area contributed by atoms with E-state index in [1.165, 1.54) is 20.2 Å². The average Bonchev–Trinajstić information content (AvgIpc) is 3.37. The van der Waals surface area contributed by atoms with Crippen molar-refractivity contribution in [2.45, 2.75) is 18.9 Å². The molecule has 0 aliphatic carbocycles. The molecule has 5 heterocycles. The van der Waals surface area contributed by atoms with E-state index in [2.05, 4.69) is 10.1 Å². The number of aromatic nitrogens is 4. The van der Waals surface area contributed by atoms with Crippen molar-refractivity contribution in [3.8, 4) is 5.75 Å². The lowest BCUT2D eigenvalue weighted by molar-refractivity contribution is -0.121. The van der Waals surface area contributed by atoms with Crippen LogP contribution in [0.25, 0.3) is 5.65 Å². The van der Waals surface area contributed by atoms with Crippen LogP contribution in [0.15, 0.2) is 35.4 Å². The van der Waals surface area contributed by atoms with E-state index < -0.39 is 11.9 Å². The molecule has 2 N–H and O–H groups in total. The first-order valence-corrected chi connectivity index (χ1v) is 10.00. The topological polar surface area (TPSA) is 128 Å². The van der Waals surface area contributed by atoms with Crippen LogP contribution in [0.1, 0.15) is 23.2 Å². The number of aryl methyl sites for hydroxylation is 1. The second-order valence-electron chi connectivity index (χ2n) is 7.62. The smallest absolute Gasteiger partial charge is 0.350 e. The van der Waals surface area contributed by atoms with E-state index in [9.17, 15) is 14.4 Å². The molecule has 0 radical (unpaired) electrons. The highest BCUT2D eigenvalue weighted by molar-refractivity contribution is 5.98. The third-order valence-electron chi connectivity index (χ3n) is 5.72. The fourth-order valence-corrected chi connectivity index (χ4v) is 4.18. The summed E-state index contributed by atoms with van der Waals surface area (Å²) in [5, 5.41) is 4.23. The van der Waals surface area contributed by atoms with Crippen molar-refractivity contribution < 1.29 is 14.3 Å². The Morgan fingerprint density at radius 2 is 2.10 bits per heavy atom. The Labute approximate surface area is 176 Å². The maximum Gasteiger partial charge on any atom is 0.350 e. The number of pyridine rings is 2. The molecule has 2 amide bonds. The number of carbonyl (C=O) groups excluding carboxylic acids is 2. The Morgan fingerprint density at radius 3 is 2.90 bits per heavy atom. The molecule has 3 aromatic rings. The minimum atomic E-state index is -0.588. The number of nitrogens with two attached hydrogens (primary N) is 1. The van der Waals surface area contributed by atoms with Gasteiger partial charge in [-0.25, -0.2) is 14.5 Å². The largest absolute Gasteiger partial charge is 0.488 e. The summed E-state index contributed by atoms with van der Waals surface area (Å²) in [4.78, 5) is 44.6. The van der Waals surface area contributed by atoms with Crippen molar-refractivity contribution in [1.82, 2.24) is 24.1 Å². The maximum absolute atomic E-state index is 12.9. The van der Waals surface area contributed by atoms with Gasteiger partial charge in [-0.1, -0.05) is 0 Å². The third-order valence-corrected chi connectivity index (χ3v) is 5.72. The van der Waals surface area contributed by atoms with Crippen LogP contribution in [0.3, 0.4) is 0 Å². The Bertz CT molecular complexity index is 1260. The summed E-state index contributed by atoms with van der Waals surface area (Å²) in [6.45, 7) is 1.44. The second-order valence-corrected chi connectivity index (χ2v) is 7.62. The quantitative estimate of drug-likeness (QED) is 0.630. The van der Waals surface area contributed by atoms with Gasteiger partial charge >= 0.3 is 5.69 Å². The van der Waals surface area contributed by atoms with Gasteiger partial charge < -0.3 is 20.3 Å². The summed E-state index contributed by atoms with van der Waals surface area (Å²) in [6.07, 6.45) is 4.47. The molecule has 0 saturated carbocycles. The van der Waals surface area contributed by atoms with Crippen LogP contribution in [0, 0.1) is 0 Å². The van der Waals surface area contributed by atoms with Crippen LogP contribution in [-0.2, 0) is 11.8 Å². The first-order chi connectivity index (χ1) is 14.9. The molecule has 1 atom stereocenters. The number of nitrogens with zero attached hydrogens (tertiary/aromatic N) is 6. The van der Waals surface area contributed by atoms with Crippen molar-refractivity contribution in [3.05, 3.63) is 46.6 Å². The fraction of sp³-hybridized carbons (Fsp3) is 0.350. The van der Waals surface area contributed by atoms with Crippen LogP contribution >= 0.6 is 0 Å². The Hall–Kier alpha value is -3.89. The van der Waals surface area contributed by atoms with Crippen LogP contribution in [0.5, 0.6) is 5.75 Å². The summed E-state index contributed by atoms with van der Waals surface area (Å²) < 4.78 is 8.51. The second kappa shape index (κ2) is 7.11. The van der Waals surface area contributed by atoms with Crippen LogP contribution in [-0.4, -0.2) is 61.6 Å². The number of carbonyl (C=O) groups is 2. The van der Waals surface area contributed by atoms with Crippen molar-refractivity contribution in [2.24, 2.45) is 12.8 Å². The summed E-state index contributed by atoms with van der Waals surface area (Å²) >= 11 is 0. The SMILES string of the molecule is Cn1nc2cc(N3CCOc4cc(C(=O)N5CCCC5C(N)=O)cnc43)ccn2c1=O. The number of hydrogen-bond acceptors (Lipinski definition) is 7. The molecule has 2 aliphatic heterocycles. The van der Waals surface area contributed by atoms with Gasteiger partial charge in [0.05, 0.1) is 12.1 Å². The Balaban J connectivity index is 1.47. The molecule has 11 heteroatoms. The number of amides is 2. The predicted octanol–water partition coefficient (Wildman–Crippen LogP) is 0.0484. The van der Waals surface area contributed by atoms with Gasteiger partial charge in [-0.3, -0.25) is 14.0 Å². The Kier molecular flexibility index (Phi) is 4.38. The zero-order valence-corrected chi connectivity index (χ0v) is 16.9. The molecule has 5 rings (SSSR count). The number of primary amides is 1. The van der Waals surface area contributed by atoms with Crippen LogP contribution in [0.4, 0.5) is 11.5 Å². The van der Waals surface area contributed by atoms with Crippen molar-refractivity contribution >= 4 is 29.0 Å². The molecule has 3 aromatic heterocycles. The molecule has 1 fully saturated rings. The van der Waals surface area contributed by atoms with Gasteiger partial charge in [0.1, 0.15) is 12.6 Å². The molecule has 1 saturated heterocycles. The van der Waals surface area contributed by atoms with Crippen molar-refractivity contribution in [2.75, 3.05) is 24.6 Å². The van der Waals surface area contributed by atoms with E-state index in [-0.39, 0.29) is 11.6 Å². The minimum Gasteiger partial charge on any atom is -0.488 e. The maximum atomic E-state index is 12.9. The van der Waals surface area contributed by atoms with Gasteiger partial charge in [0.25, 0.3) is 5.91 Å². The molecular formula is C20H21N7O4. The highest BCUT2D eigenvalue weighted by Crippen LogP contribution is 2.36. The van der Waals surface area contributed by atoms with Gasteiger partial charge in [-0.2, -0.15) is 5.10 Å². The molecule has 31 heavy (non-hydrogen) atoms. The normalized spacial score (nSPS) is 18.2. The first kappa shape index (κ1) is 19.1. The lowest BCUT2D eigenvalue weighted by atomic mass is 10.1. The van der Waals surface area contributed by atoms with Crippen LogP contribution in [0.2, 0.25) is 0 Å². The summed E-state index contributed by atoms with van der Waals surface area (Å²) in [6, 6.07) is 4.68. The standard InChI is InChI=1S/C20H21N7O4/c1-24-20(30)27-6-4-13(10-16(27)23-24)25-7-8-31-15-9-12(11-22-18(15)25)19(29)26-5-2-3-14(26)17(21)28/h4,6,9-11,14H,2-3,5,7-8H2,1H3,(H2,21,28). The van der Waals surface area contributed by atoms with E-state index >= 15 is 0 Å². The number of fused-ring (bicyclic) bond motifs is 2. The van der Waals surface area contributed by atoms with E-state index in [0.717, 1.165) is 12.1 Å². The Morgan fingerprint density at radius 1 is 1.26 bits per heavy atom. The first-order valence-electron chi connectivity index (χ1n) is 10.00. The van der Waals surface area contributed by atoms with Gasteiger partial charge in [-0.15, -0.1) is 0 Å². The number of likely N-dealkylation sites (tertiary alicyclic amines) is 1. The van der Waals surface area contributed by atoms with Gasteiger partial charge in [0.15, 0.2) is 17.2 Å². The molecule has 11 nitrogen and oxygen atoms in total. The number of ether oxygens (including phenoxy) is 1. The minimum absolute atomic E-state index is 0.221. The number of rotatable bonds is 3. The molecule has 0 spiro atoms. The van der Waals surface area contributed by atoms with Crippen molar-refractivity contribution in [3.63, 3.8) is 0 Å². The third kappa shape index (κ3) is 3.09. The molecule has 2 aliphatic rings. The van der Waals surface area contributed by atoms with Gasteiger partial charge in [0.2, 0.25) is 5.91 Å². The van der Waals surface area contributed by atoms with E-state index in [1.54, 1.807) is 25.4 Å². The predicted molar refractivity (Wildman–Crippen MR) is 110 cm³/mol. The summed E-state index contributed by atoms with van der Waals surface area (Å²) in [5.74, 6) is 0.262. The molecule has 1 unspecified atom stereocenters. The zero-order chi connectivity index (χ0) is 21.7. The monoisotopic (exact) mass is 423 g/mol. The number of anilines is 2. The highest BCUT2D eigenvalue weighted by atomic mass is 16.5. The van der Waals surface area contributed by atoms with Crippen LogP contribution < -0.4 is 21.1 Å². The summed E-state index contributed by atoms with van der Waals surface area (Å²) in [7, 11) is 1.60. The van der Waals surface area contributed by atoms with Gasteiger partial charge in [-0.05, 0) is 25.0 Å². The fourth-order valence-electron chi connectivity index (χ4n) is 4.18. The average molecular weight is 423 g/mol. The molecule has 0 bridgehead atoms. The van der Waals surface area contributed by atoms with E-state index in [4.69, 9.17) is 10.5 Å². The highest BCUT2D eigenvalue weighted by Gasteiger charge is 2.34. The summed E-state index contributed by atoms with van der Waals surface area (Å²) in [5.41, 5.74) is 6.90. The zero-order valence-electron chi connectivity index (χ0n) is 16.9. The van der Waals surface area contributed by atoms with Crippen molar-refractivity contribution in [1.29, 1.82) is 0 Å². The molecule has 160 valence electrons. The number of hydrogen-bond donors (Lipinski definition) is 1. The van der Waals surface area contributed by atoms with E-state index in [0.29, 0.717) is 48.9 Å². The van der Waals surface area contributed by atoms with Gasteiger partial charge in [0, 0.05) is 37.7 Å². The van der Waals surface area contributed by atoms with E-state index in [1.807, 2.05) is 11.0 Å².